The van der Waals surface area contributed by atoms with Gasteiger partial charge < -0.3 is 30.5 Å². The summed E-state index contributed by atoms with van der Waals surface area (Å²) in [4.78, 5) is 35.4. The smallest absolute Gasteiger partial charge is 0.290 e. The van der Waals surface area contributed by atoms with Crippen LogP contribution in [0.1, 0.15) is 31.2 Å². The molecule has 9 nitrogen and oxygen atoms in total. The van der Waals surface area contributed by atoms with Gasteiger partial charge in [-0.2, -0.15) is 0 Å². The Kier molecular flexibility index (Phi) is 10.3. The second kappa shape index (κ2) is 12.9. The van der Waals surface area contributed by atoms with Gasteiger partial charge in [-0.05, 0) is 56.5 Å². The minimum Gasteiger partial charge on any atom is -0.497 e. The van der Waals surface area contributed by atoms with Gasteiger partial charge in [0.2, 0.25) is 11.8 Å². The summed E-state index contributed by atoms with van der Waals surface area (Å²) in [6.45, 7) is 3.48. The number of carbonyl (C=O) groups is 3. The maximum atomic E-state index is 12.4. The molecule has 0 bridgehead atoms. The van der Waals surface area contributed by atoms with Crippen LogP contribution >= 0.6 is 0 Å². The average molecular weight is 436 g/mol. The Morgan fingerprint density at radius 2 is 1.97 bits per heavy atom. The third-order valence-corrected chi connectivity index (χ3v) is 5.67. The van der Waals surface area contributed by atoms with Gasteiger partial charge in [-0.3, -0.25) is 14.4 Å². The molecule has 1 heterocycles. The average Bonchev–Trinajstić information content (AvgIpc) is 3.39. The van der Waals surface area contributed by atoms with Crippen LogP contribution in [-0.4, -0.2) is 78.8 Å². The van der Waals surface area contributed by atoms with Crippen LogP contribution in [0.5, 0.6) is 5.75 Å². The van der Waals surface area contributed by atoms with E-state index in [1.54, 1.807) is 7.11 Å². The lowest BCUT2D eigenvalue weighted by molar-refractivity contribution is -0.125. The molecule has 1 aliphatic carbocycles. The van der Waals surface area contributed by atoms with Crippen LogP contribution in [0.4, 0.5) is 0 Å². The molecule has 0 spiro atoms. The molecule has 9 heteroatoms. The first-order chi connectivity index (χ1) is 15.0. The van der Waals surface area contributed by atoms with E-state index in [4.69, 9.17) is 14.6 Å². The summed E-state index contributed by atoms with van der Waals surface area (Å²) in [7, 11) is 1.59. The van der Waals surface area contributed by atoms with E-state index in [0.717, 1.165) is 25.2 Å². The third-order valence-electron chi connectivity index (χ3n) is 5.67. The van der Waals surface area contributed by atoms with Gasteiger partial charge in [0.25, 0.3) is 6.47 Å². The first-order valence-corrected chi connectivity index (χ1v) is 10.6. The number of nitrogens with zero attached hydrogens (tertiary/aromatic N) is 1. The van der Waals surface area contributed by atoms with Crippen molar-refractivity contribution in [2.45, 2.75) is 44.2 Å². The predicted octanol–water partition coefficient (Wildman–Crippen LogP) is 0.406. The fraction of sp³-hybridized carbons (Fsp3) is 0.591. The van der Waals surface area contributed by atoms with Crippen LogP contribution in [0, 0.1) is 5.92 Å². The molecule has 0 unspecified atom stereocenters. The van der Waals surface area contributed by atoms with Gasteiger partial charge in [-0.25, -0.2) is 0 Å². The Morgan fingerprint density at radius 3 is 2.65 bits per heavy atom. The van der Waals surface area contributed by atoms with Crippen molar-refractivity contribution < 1.29 is 29.3 Å². The highest BCUT2D eigenvalue weighted by atomic mass is 16.5. The van der Waals surface area contributed by atoms with Crippen molar-refractivity contribution in [3.05, 3.63) is 29.8 Å². The van der Waals surface area contributed by atoms with Crippen molar-refractivity contribution >= 4 is 18.3 Å². The van der Waals surface area contributed by atoms with Gasteiger partial charge in [0, 0.05) is 19.0 Å². The molecule has 3 rings (SSSR count). The van der Waals surface area contributed by atoms with Crippen LogP contribution in [0.2, 0.25) is 0 Å². The SMILES string of the molecule is COc1cccc(CC(=O)N[C@@H]2C[C@H](C(=O)NCCN3CCCC3)C[C@H]2O)c1.O=CO. The molecule has 2 aliphatic rings. The predicted molar refractivity (Wildman–Crippen MR) is 115 cm³/mol. The molecule has 0 radical (unpaired) electrons. The monoisotopic (exact) mass is 435 g/mol. The minimum absolute atomic E-state index is 0.0252. The van der Waals surface area contributed by atoms with Crippen molar-refractivity contribution in [2.24, 2.45) is 5.92 Å². The first-order valence-electron chi connectivity index (χ1n) is 10.6. The number of carbonyl (C=O) groups excluding carboxylic acids is 2. The third kappa shape index (κ3) is 8.18. The molecule has 3 atom stereocenters. The number of rotatable bonds is 8. The Labute approximate surface area is 182 Å². The van der Waals surface area contributed by atoms with E-state index in [2.05, 4.69) is 15.5 Å². The highest BCUT2D eigenvalue weighted by molar-refractivity contribution is 5.81. The molecule has 1 aliphatic heterocycles. The molecule has 172 valence electrons. The van der Waals surface area contributed by atoms with Crippen LogP contribution in [-0.2, 0) is 20.8 Å². The van der Waals surface area contributed by atoms with Crippen LogP contribution in [0.25, 0.3) is 0 Å². The lowest BCUT2D eigenvalue weighted by Gasteiger charge is -2.17. The zero-order chi connectivity index (χ0) is 22.6. The first kappa shape index (κ1) is 24.6. The zero-order valence-corrected chi connectivity index (χ0v) is 18.0. The van der Waals surface area contributed by atoms with E-state index < -0.39 is 6.10 Å². The normalized spacial score (nSPS) is 22.8. The number of hydrogen-bond acceptors (Lipinski definition) is 6. The molecular formula is C22H33N3O6. The molecule has 1 aromatic rings. The molecule has 1 saturated heterocycles. The number of carboxylic acid groups (broad SMARTS) is 1. The van der Waals surface area contributed by atoms with E-state index in [0.29, 0.717) is 25.1 Å². The van der Waals surface area contributed by atoms with Gasteiger partial charge >= 0.3 is 0 Å². The van der Waals surface area contributed by atoms with Crippen LogP contribution in [0.3, 0.4) is 0 Å². The highest BCUT2D eigenvalue weighted by Crippen LogP contribution is 2.26. The molecule has 1 aromatic carbocycles. The van der Waals surface area contributed by atoms with Gasteiger partial charge in [-0.15, -0.1) is 0 Å². The maximum Gasteiger partial charge on any atom is 0.290 e. The summed E-state index contributed by atoms with van der Waals surface area (Å²) in [5.74, 6) is 0.266. The van der Waals surface area contributed by atoms with E-state index in [-0.39, 0.29) is 36.7 Å². The van der Waals surface area contributed by atoms with Crippen molar-refractivity contribution in [2.75, 3.05) is 33.3 Å². The summed E-state index contributed by atoms with van der Waals surface area (Å²) in [5, 5.41) is 23.0. The second-order valence-electron chi connectivity index (χ2n) is 7.88. The summed E-state index contributed by atoms with van der Waals surface area (Å²) < 4.78 is 5.17. The molecule has 2 fully saturated rings. The Balaban J connectivity index is 0.00000107. The lowest BCUT2D eigenvalue weighted by Crippen LogP contribution is -2.41. The largest absolute Gasteiger partial charge is 0.497 e. The number of aliphatic hydroxyl groups excluding tert-OH is 1. The fourth-order valence-corrected chi connectivity index (χ4v) is 4.10. The van der Waals surface area contributed by atoms with Crippen molar-refractivity contribution in [3.8, 4) is 5.75 Å². The number of likely N-dealkylation sites (tertiary alicyclic amines) is 1. The summed E-state index contributed by atoms with van der Waals surface area (Å²) in [6.07, 6.45) is 2.86. The molecule has 1 saturated carbocycles. The Bertz CT molecular complexity index is 723. The fourth-order valence-electron chi connectivity index (χ4n) is 4.10. The standard InChI is InChI=1S/C21H31N3O4.CH2O2/c1-28-17-6-4-5-15(11-17)12-20(26)23-18-13-16(14-19(18)25)21(27)22-7-10-24-8-2-3-9-24;2-1-3/h4-6,11,16,18-19,25H,2-3,7-10,12-14H2,1H3,(H,22,27)(H,23,26);1H,(H,2,3)/t16-,18+,19+;/m0./s1. The molecule has 2 amide bonds. The van der Waals surface area contributed by atoms with E-state index in [9.17, 15) is 14.7 Å². The lowest BCUT2D eigenvalue weighted by atomic mass is 10.1. The number of benzene rings is 1. The van der Waals surface area contributed by atoms with E-state index in [1.807, 2.05) is 24.3 Å². The highest BCUT2D eigenvalue weighted by Gasteiger charge is 2.37. The Hall–Kier alpha value is -2.65. The van der Waals surface area contributed by atoms with Crippen molar-refractivity contribution in [1.29, 1.82) is 0 Å². The maximum absolute atomic E-state index is 12.4. The zero-order valence-electron chi connectivity index (χ0n) is 18.0. The number of aliphatic hydroxyl groups is 1. The molecule has 0 aromatic heterocycles. The quantitative estimate of drug-likeness (QED) is 0.435. The summed E-state index contributed by atoms with van der Waals surface area (Å²) in [6, 6.07) is 6.97. The molecule has 31 heavy (non-hydrogen) atoms. The van der Waals surface area contributed by atoms with Gasteiger partial charge in [-0.1, -0.05) is 12.1 Å². The van der Waals surface area contributed by atoms with Crippen LogP contribution < -0.4 is 15.4 Å². The number of methoxy groups -OCH3 is 1. The van der Waals surface area contributed by atoms with Gasteiger partial charge in [0.15, 0.2) is 0 Å². The minimum atomic E-state index is -0.691. The van der Waals surface area contributed by atoms with Gasteiger partial charge in [0.1, 0.15) is 5.75 Å². The number of amides is 2. The topological polar surface area (TPSA) is 128 Å². The van der Waals surface area contributed by atoms with E-state index >= 15 is 0 Å². The Morgan fingerprint density at radius 1 is 1.26 bits per heavy atom. The number of nitrogens with one attached hydrogen (secondary N) is 2. The second-order valence-corrected chi connectivity index (χ2v) is 7.88. The summed E-state index contributed by atoms with van der Waals surface area (Å²) >= 11 is 0. The van der Waals surface area contributed by atoms with E-state index in [1.165, 1.54) is 12.8 Å². The number of ether oxygens (including phenoxy) is 1. The van der Waals surface area contributed by atoms with Crippen LogP contribution in [0.15, 0.2) is 24.3 Å². The van der Waals surface area contributed by atoms with Crippen molar-refractivity contribution in [3.63, 3.8) is 0 Å². The molecule has 4 N–H and O–H groups in total. The summed E-state index contributed by atoms with van der Waals surface area (Å²) in [5.41, 5.74) is 0.848. The van der Waals surface area contributed by atoms with Gasteiger partial charge in [0.05, 0.1) is 25.7 Å². The number of hydrogen-bond donors (Lipinski definition) is 4. The molecular weight excluding hydrogens is 402 g/mol. The van der Waals surface area contributed by atoms with Crippen molar-refractivity contribution in [1.82, 2.24) is 15.5 Å².